The first-order chi connectivity index (χ1) is 12.1. The molecule has 0 bridgehead atoms. The molecule has 0 heterocycles. The number of rotatable bonds is 6. The Morgan fingerprint density at radius 3 is 2.56 bits per heavy atom. The maximum absolute atomic E-state index is 11.6. The summed E-state index contributed by atoms with van der Waals surface area (Å²) >= 11 is 5.86. The Labute approximate surface area is 151 Å². The van der Waals surface area contributed by atoms with Crippen LogP contribution in [0.25, 0.3) is 6.08 Å². The molecule has 1 amide bonds. The smallest absolute Gasteiger partial charge is 0.261 e. The molecule has 0 aliphatic carbocycles. The molecular weight excluding hydrogens is 340 g/mol. The van der Waals surface area contributed by atoms with Gasteiger partial charge in [0.2, 0.25) is 0 Å². The van der Waals surface area contributed by atoms with E-state index in [4.69, 9.17) is 26.3 Å². The molecule has 0 unspecified atom stereocenters. The molecule has 2 rings (SSSR count). The van der Waals surface area contributed by atoms with E-state index in [0.717, 1.165) is 5.56 Å². The van der Waals surface area contributed by atoms with Crippen molar-refractivity contribution in [2.24, 2.45) is 0 Å². The molecule has 0 aliphatic rings. The van der Waals surface area contributed by atoms with Crippen LogP contribution < -0.4 is 14.8 Å². The van der Waals surface area contributed by atoms with Crippen molar-refractivity contribution < 1.29 is 14.3 Å². The van der Waals surface area contributed by atoms with E-state index in [1.165, 1.54) is 20.2 Å². The average Bonchev–Trinajstić information content (AvgIpc) is 2.65. The fourth-order valence-electron chi connectivity index (χ4n) is 2.08. The largest absolute Gasteiger partial charge is 0.493 e. The molecule has 0 aromatic heterocycles. The monoisotopic (exact) mass is 356 g/mol. The number of likely N-dealkylation sites (N-methyl/N-ethyl adjacent to an activating group) is 1. The maximum Gasteiger partial charge on any atom is 0.261 e. The molecule has 0 saturated carbocycles. The molecule has 0 saturated heterocycles. The summed E-state index contributed by atoms with van der Waals surface area (Å²) in [6.45, 7) is 0.365. The molecule has 0 atom stereocenters. The Morgan fingerprint density at radius 1 is 1.24 bits per heavy atom. The van der Waals surface area contributed by atoms with Gasteiger partial charge >= 0.3 is 0 Å². The van der Waals surface area contributed by atoms with Crippen molar-refractivity contribution in [2.75, 3.05) is 14.2 Å². The minimum atomic E-state index is -0.440. The number of hydrogen-bond acceptors (Lipinski definition) is 4. The van der Waals surface area contributed by atoms with Gasteiger partial charge < -0.3 is 14.8 Å². The second-order valence-electron chi connectivity index (χ2n) is 5.07. The van der Waals surface area contributed by atoms with E-state index in [1.54, 1.807) is 30.3 Å². The van der Waals surface area contributed by atoms with Crippen LogP contribution in [0.15, 0.2) is 48.0 Å². The molecule has 25 heavy (non-hydrogen) atoms. The zero-order chi connectivity index (χ0) is 18.2. The van der Waals surface area contributed by atoms with Crippen LogP contribution in [0.5, 0.6) is 11.5 Å². The number of benzene rings is 2. The zero-order valence-corrected chi connectivity index (χ0v) is 14.6. The van der Waals surface area contributed by atoms with Crippen LogP contribution in [0.2, 0.25) is 5.02 Å². The Morgan fingerprint density at radius 2 is 1.96 bits per heavy atom. The van der Waals surface area contributed by atoms with E-state index in [9.17, 15) is 4.79 Å². The van der Waals surface area contributed by atoms with Gasteiger partial charge in [-0.1, -0.05) is 29.8 Å². The first-order valence-electron chi connectivity index (χ1n) is 7.46. The number of ether oxygens (including phenoxy) is 2. The van der Waals surface area contributed by atoms with Gasteiger partial charge in [-0.15, -0.1) is 0 Å². The third-order valence-electron chi connectivity index (χ3n) is 3.40. The van der Waals surface area contributed by atoms with Gasteiger partial charge in [0.25, 0.3) is 5.91 Å². The molecule has 0 spiro atoms. The maximum atomic E-state index is 11.6. The standard InChI is InChI=1S/C19H17ClN2O3/c1-22-19(23)15(11-21)9-14-5-8-17(18(10-14)24-2)25-12-13-3-6-16(20)7-4-13/h3-10H,12H2,1-2H3,(H,22,23)/b15-9-. The van der Waals surface area contributed by atoms with Crippen LogP contribution in [-0.2, 0) is 11.4 Å². The van der Waals surface area contributed by atoms with E-state index in [-0.39, 0.29) is 5.57 Å². The topological polar surface area (TPSA) is 71.4 Å². The van der Waals surface area contributed by atoms with Crippen molar-refractivity contribution in [3.8, 4) is 17.6 Å². The number of carbonyl (C=O) groups excluding carboxylic acids is 1. The second kappa shape index (κ2) is 8.76. The highest BCUT2D eigenvalue weighted by Crippen LogP contribution is 2.29. The molecular formula is C19H17ClN2O3. The van der Waals surface area contributed by atoms with Crippen molar-refractivity contribution in [1.82, 2.24) is 5.32 Å². The Bertz CT molecular complexity index is 824. The van der Waals surface area contributed by atoms with Gasteiger partial charge in [-0.25, -0.2) is 0 Å². The molecule has 0 fully saturated rings. The number of nitrogens with one attached hydrogen (secondary N) is 1. The van der Waals surface area contributed by atoms with Crippen molar-refractivity contribution in [1.29, 1.82) is 5.26 Å². The van der Waals surface area contributed by atoms with Crippen molar-refractivity contribution in [3.05, 3.63) is 64.2 Å². The van der Waals surface area contributed by atoms with Gasteiger partial charge in [0, 0.05) is 12.1 Å². The highest BCUT2D eigenvalue weighted by molar-refractivity contribution is 6.30. The molecule has 0 radical (unpaired) electrons. The molecule has 128 valence electrons. The average molecular weight is 357 g/mol. The van der Waals surface area contributed by atoms with Crippen LogP contribution in [0.1, 0.15) is 11.1 Å². The van der Waals surface area contributed by atoms with Crippen molar-refractivity contribution in [3.63, 3.8) is 0 Å². The third kappa shape index (κ3) is 5.00. The Kier molecular flexibility index (Phi) is 6.44. The molecule has 0 aliphatic heterocycles. The summed E-state index contributed by atoms with van der Waals surface area (Å²) in [5.41, 5.74) is 1.65. The molecule has 1 N–H and O–H groups in total. The van der Waals surface area contributed by atoms with Crippen molar-refractivity contribution in [2.45, 2.75) is 6.61 Å². The van der Waals surface area contributed by atoms with Gasteiger partial charge in [0.15, 0.2) is 11.5 Å². The first-order valence-corrected chi connectivity index (χ1v) is 7.84. The zero-order valence-electron chi connectivity index (χ0n) is 13.9. The summed E-state index contributed by atoms with van der Waals surface area (Å²) in [6, 6.07) is 14.4. The quantitative estimate of drug-likeness (QED) is 0.634. The molecule has 5 nitrogen and oxygen atoms in total. The van der Waals surface area contributed by atoms with Gasteiger partial charge in [0.1, 0.15) is 18.2 Å². The van der Waals surface area contributed by atoms with E-state index in [2.05, 4.69) is 5.32 Å². The summed E-state index contributed by atoms with van der Waals surface area (Å²) < 4.78 is 11.1. The Balaban J connectivity index is 2.18. The fraction of sp³-hybridized carbons (Fsp3) is 0.158. The summed E-state index contributed by atoms with van der Waals surface area (Å²) in [7, 11) is 3.00. The number of halogens is 1. The SMILES string of the molecule is CNC(=O)/C(C#N)=C\c1ccc(OCc2ccc(Cl)cc2)c(OC)c1. The third-order valence-corrected chi connectivity index (χ3v) is 3.65. The summed E-state index contributed by atoms with van der Waals surface area (Å²) in [4.78, 5) is 11.6. The number of nitrogens with zero attached hydrogens (tertiary/aromatic N) is 1. The lowest BCUT2D eigenvalue weighted by molar-refractivity contribution is -0.116. The number of amides is 1. The van der Waals surface area contributed by atoms with E-state index < -0.39 is 5.91 Å². The lowest BCUT2D eigenvalue weighted by Crippen LogP contribution is -2.19. The van der Waals surface area contributed by atoms with Gasteiger partial charge in [-0.2, -0.15) is 5.26 Å². The number of methoxy groups -OCH3 is 1. The molecule has 2 aromatic carbocycles. The van der Waals surface area contributed by atoms with Crippen molar-refractivity contribution >= 4 is 23.6 Å². The minimum Gasteiger partial charge on any atom is -0.493 e. The van der Waals surface area contributed by atoms with Crippen LogP contribution >= 0.6 is 11.6 Å². The van der Waals surface area contributed by atoms with Crippen LogP contribution in [0, 0.1) is 11.3 Å². The van der Waals surface area contributed by atoms with E-state index >= 15 is 0 Å². The van der Waals surface area contributed by atoms with Gasteiger partial charge in [-0.3, -0.25) is 4.79 Å². The first kappa shape index (κ1) is 18.4. The summed E-state index contributed by atoms with van der Waals surface area (Å²) in [5.74, 6) is 0.634. The summed E-state index contributed by atoms with van der Waals surface area (Å²) in [6.07, 6.45) is 1.49. The number of carbonyl (C=O) groups is 1. The number of hydrogen-bond donors (Lipinski definition) is 1. The van der Waals surface area contributed by atoms with Crippen LogP contribution in [-0.4, -0.2) is 20.1 Å². The van der Waals surface area contributed by atoms with Crippen LogP contribution in [0.4, 0.5) is 0 Å². The van der Waals surface area contributed by atoms with Crippen LogP contribution in [0.3, 0.4) is 0 Å². The lowest BCUT2D eigenvalue weighted by atomic mass is 10.1. The molecule has 2 aromatic rings. The van der Waals surface area contributed by atoms with E-state index in [0.29, 0.717) is 28.7 Å². The van der Waals surface area contributed by atoms with Gasteiger partial charge in [-0.05, 0) is 41.5 Å². The molecule has 6 heteroatoms. The normalized spacial score (nSPS) is 10.7. The summed E-state index contributed by atoms with van der Waals surface area (Å²) in [5, 5.41) is 12.1. The second-order valence-corrected chi connectivity index (χ2v) is 5.51. The minimum absolute atomic E-state index is 0.0133. The van der Waals surface area contributed by atoms with E-state index in [1.807, 2.05) is 18.2 Å². The predicted molar refractivity (Wildman–Crippen MR) is 96.4 cm³/mol. The predicted octanol–water partition coefficient (Wildman–Crippen LogP) is 3.58. The lowest BCUT2D eigenvalue weighted by Gasteiger charge is -2.11. The fourth-order valence-corrected chi connectivity index (χ4v) is 2.21. The highest BCUT2D eigenvalue weighted by atomic mass is 35.5. The van der Waals surface area contributed by atoms with Gasteiger partial charge in [0.05, 0.1) is 7.11 Å². The Hall–Kier alpha value is -2.97. The number of nitriles is 1. The highest BCUT2D eigenvalue weighted by Gasteiger charge is 2.09.